The van der Waals surface area contributed by atoms with Gasteiger partial charge in [0.05, 0.1) is 31.1 Å². The van der Waals surface area contributed by atoms with E-state index in [0.717, 1.165) is 48.7 Å². The maximum absolute atomic E-state index is 13.5. The standard InChI is InChI=1S/C37H47N7O3/c1-6-7-10-15-28(2)42-20-22-43(23-21-42)29(3)34(31-18-13-9-14-19-31)44-24-33(39-27-44)41-35(45)32(40-36(46)37(4,5)38)26-47-25-30-16-11-8-12-17-30/h6-19,24,27,32,34H,2-3,20-23,25-26,38H2,1,4-5H3,(H,40,46)(H,41,45)/b7-6-,15-10-. The third kappa shape index (κ3) is 10.0. The van der Waals surface area contributed by atoms with E-state index >= 15 is 0 Å². The molecular weight excluding hydrogens is 590 g/mol. The number of benzene rings is 2. The zero-order valence-corrected chi connectivity index (χ0v) is 27.6. The van der Waals surface area contributed by atoms with Gasteiger partial charge in [0.2, 0.25) is 5.91 Å². The van der Waals surface area contributed by atoms with Crippen molar-refractivity contribution in [2.75, 3.05) is 38.1 Å². The summed E-state index contributed by atoms with van der Waals surface area (Å²) >= 11 is 0. The van der Waals surface area contributed by atoms with Gasteiger partial charge >= 0.3 is 0 Å². The van der Waals surface area contributed by atoms with Gasteiger partial charge in [0, 0.05) is 43.8 Å². The Bertz CT molecular complexity index is 1550. The second-order valence-electron chi connectivity index (χ2n) is 12.1. The molecule has 2 aromatic carbocycles. The normalized spacial score (nSPS) is 15.1. The Labute approximate surface area is 278 Å². The zero-order valence-electron chi connectivity index (χ0n) is 27.6. The van der Waals surface area contributed by atoms with Crippen molar-refractivity contribution < 1.29 is 14.3 Å². The summed E-state index contributed by atoms with van der Waals surface area (Å²) < 4.78 is 7.77. The molecule has 4 N–H and O–H groups in total. The molecule has 10 nitrogen and oxygen atoms in total. The van der Waals surface area contributed by atoms with Crippen LogP contribution in [0.5, 0.6) is 0 Å². The Kier molecular flexibility index (Phi) is 12.3. The summed E-state index contributed by atoms with van der Waals surface area (Å²) in [5.41, 5.74) is 8.73. The molecule has 3 aromatic rings. The number of aromatic nitrogens is 2. The fraction of sp³-hybridized carbons (Fsp3) is 0.324. The molecule has 248 valence electrons. The highest BCUT2D eigenvalue weighted by Gasteiger charge is 2.30. The molecule has 10 heteroatoms. The first-order valence-corrected chi connectivity index (χ1v) is 15.8. The van der Waals surface area contributed by atoms with E-state index < -0.39 is 23.4 Å². The summed E-state index contributed by atoms with van der Waals surface area (Å²) in [6.07, 6.45) is 11.5. The number of amides is 2. The van der Waals surface area contributed by atoms with E-state index in [-0.39, 0.29) is 19.3 Å². The lowest BCUT2D eigenvalue weighted by Gasteiger charge is -2.40. The fourth-order valence-electron chi connectivity index (χ4n) is 5.16. The van der Waals surface area contributed by atoms with Crippen LogP contribution in [0.1, 0.15) is 37.9 Å². The van der Waals surface area contributed by atoms with Crippen LogP contribution in [0.4, 0.5) is 5.82 Å². The number of nitrogens with zero attached hydrogens (tertiary/aromatic N) is 4. The van der Waals surface area contributed by atoms with Crippen LogP contribution in [-0.4, -0.2) is 75.5 Å². The molecule has 2 amide bonds. The molecular formula is C37H47N7O3. The lowest BCUT2D eigenvalue weighted by Crippen LogP contribution is -2.56. The van der Waals surface area contributed by atoms with E-state index in [0.29, 0.717) is 5.82 Å². The Morgan fingerprint density at radius 3 is 2.28 bits per heavy atom. The molecule has 1 aliphatic rings. The van der Waals surface area contributed by atoms with Gasteiger partial charge in [-0.3, -0.25) is 9.59 Å². The summed E-state index contributed by atoms with van der Waals surface area (Å²) in [6, 6.07) is 18.5. The molecule has 0 saturated carbocycles. The van der Waals surface area contributed by atoms with Crippen molar-refractivity contribution in [3.05, 3.63) is 133 Å². The fourth-order valence-corrected chi connectivity index (χ4v) is 5.16. The maximum Gasteiger partial charge on any atom is 0.250 e. The number of imidazole rings is 1. The minimum absolute atomic E-state index is 0.0454. The van der Waals surface area contributed by atoms with Crippen molar-refractivity contribution in [1.29, 1.82) is 0 Å². The highest BCUT2D eigenvalue weighted by Crippen LogP contribution is 2.30. The van der Waals surface area contributed by atoms with E-state index in [1.165, 1.54) is 0 Å². The van der Waals surface area contributed by atoms with E-state index in [2.05, 4.69) is 50.7 Å². The largest absolute Gasteiger partial charge is 0.374 e. The number of carbonyl (C=O) groups is 2. The monoisotopic (exact) mass is 637 g/mol. The SMILES string of the molecule is C=C(/C=C\C=C/C)N1CCN(C(=C)C(c2ccccc2)n2cnc(NC(=O)C(COCc3ccccc3)NC(=O)C(C)(C)N)c2)CC1. The van der Waals surface area contributed by atoms with Crippen LogP contribution in [-0.2, 0) is 20.9 Å². The van der Waals surface area contributed by atoms with Crippen LogP contribution < -0.4 is 16.4 Å². The first-order chi connectivity index (χ1) is 22.6. The molecule has 0 bridgehead atoms. The number of hydrogen-bond acceptors (Lipinski definition) is 7. The Balaban J connectivity index is 1.47. The summed E-state index contributed by atoms with van der Waals surface area (Å²) in [6.45, 7) is 17.4. The molecule has 47 heavy (non-hydrogen) atoms. The van der Waals surface area contributed by atoms with Gasteiger partial charge in [0.25, 0.3) is 5.91 Å². The molecule has 2 atom stereocenters. The molecule has 2 heterocycles. The molecule has 2 unspecified atom stereocenters. The number of carbonyl (C=O) groups excluding carboxylic acids is 2. The number of nitrogens with two attached hydrogens (primary N) is 1. The number of nitrogens with one attached hydrogen (secondary N) is 2. The lowest BCUT2D eigenvalue weighted by molar-refractivity contribution is -0.130. The van der Waals surface area contributed by atoms with Crippen molar-refractivity contribution in [2.24, 2.45) is 5.73 Å². The average Bonchev–Trinajstić information content (AvgIpc) is 3.52. The Hall–Kier alpha value is -4.93. The summed E-state index contributed by atoms with van der Waals surface area (Å²) in [5.74, 6) is -0.590. The van der Waals surface area contributed by atoms with Gasteiger partial charge < -0.3 is 35.5 Å². The van der Waals surface area contributed by atoms with Crippen LogP contribution in [0, 0.1) is 0 Å². The minimum Gasteiger partial charge on any atom is -0.374 e. The minimum atomic E-state index is -1.18. The van der Waals surface area contributed by atoms with Gasteiger partial charge in [-0.1, -0.05) is 92.0 Å². The van der Waals surface area contributed by atoms with E-state index in [4.69, 9.17) is 10.5 Å². The number of hydrogen-bond donors (Lipinski definition) is 3. The van der Waals surface area contributed by atoms with Crippen LogP contribution in [0.2, 0.25) is 0 Å². The topological polar surface area (TPSA) is 118 Å². The van der Waals surface area contributed by atoms with Crippen LogP contribution in [0.15, 0.2) is 122 Å². The second-order valence-corrected chi connectivity index (χ2v) is 12.1. The smallest absolute Gasteiger partial charge is 0.250 e. The van der Waals surface area contributed by atoms with E-state index in [1.807, 2.05) is 84.3 Å². The average molecular weight is 638 g/mol. The summed E-state index contributed by atoms with van der Waals surface area (Å²) in [4.78, 5) is 35.3. The number of anilines is 1. The van der Waals surface area contributed by atoms with Crippen LogP contribution in [0.3, 0.4) is 0 Å². The zero-order chi connectivity index (χ0) is 33.8. The molecule has 1 aromatic heterocycles. The van der Waals surface area contributed by atoms with Crippen molar-refractivity contribution in [2.45, 2.75) is 45.0 Å². The van der Waals surface area contributed by atoms with Crippen molar-refractivity contribution >= 4 is 17.6 Å². The predicted molar refractivity (Wildman–Crippen MR) is 187 cm³/mol. The molecule has 0 radical (unpaired) electrons. The van der Waals surface area contributed by atoms with Crippen molar-refractivity contribution in [1.82, 2.24) is 24.7 Å². The van der Waals surface area contributed by atoms with Crippen molar-refractivity contribution in [3.8, 4) is 0 Å². The van der Waals surface area contributed by atoms with Crippen LogP contribution >= 0.6 is 0 Å². The molecule has 1 fully saturated rings. The van der Waals surface area contributed by atoms with Gasteiger partial charge in [0.15, 0.2) is 5.82 Å². The summed E-state index contributed by atoms with van der Waals surface area (Å²) in [7, 11) is 0. The van der Waals surface area contributed by atoms with Gasteiger partial charge in [-0.25, -0.2) is 4.98 Å². The third-order valence-corrected chi connectivity index (χ3v) is 7.87. The number of piperazine rings is 1. The number of ether oxygens (including phenoxy) is 1. The van der Waals surface area contributed by atoms with Gasteiger partial charge in [0.1, 0.15) is 6.04 Å². The lowest BCUT2D eigenvalue weighted by atomic mass is 10.0. The first-order valence-electron chi connectivity index (χ1n) is 15.8. The molecule has 0 aliphatic carbocycles. The number of allylic oxidation sites excluding steroid dienone is 5. The second kappa shape index (κ2) is 16.6. The van der Waals surface area contributed by atoms with E-state index in [1.54, 1.807) is 26.4 Å². The highest BCUT2D eigenvalue weighted by molar-refractivity contribution is 5.98. The highest BCUT2D eigenvalue weighted by atomic mass is 16.5. The Morgan fingerprint density at radius 2 is 1.64 bits per heavy atom. The predicted octanol–water partition coefficient (Wildman–Crippen LogP) is 4.63. The third-order valence-electron chi connectivity index (χ3n) is 7.87. The molecule has 1 aliphatic heterocycles. The summed E-state index contributed by atoms with van der Waals surface area (Å²) in [5, 5.41) is 5.59. The Morgan fingerprint density at radius 1 is 1.00 bits per heavy atom. The molecule has 1 saturated heterocycles. The van der Waals surface area contributed by atoms with Gasteiger partial charge in [-0.05, 0) is 38.0 Å². The molecule has 0 spiro atoms. The van der Waals surface area contributed by atoms with Gasteiger partial charge in [-0.2, -0.15) is 0 Å². The first kappa shape index (κ1) is 34.9. The molecule has 4 rings (SSSR count). The quantitative estimate of drug-likeness (QED) is 0.208. The van der Waals surface area contributed by atoms with Crippen molar-refractivity contribution in [3.63, 3.8) is 0 Å². The van der Waals surface area contributed by atoms with Gasteiger partial charge in [-0.15, -0.1) is 0 Å². The van der Waals surface area contributed by atoms with Crippen LogP contribution in [0.25, 0.3) is 0 Å². The number of rotatable bonds is 15. The maximum atomic E-state index is 13.5. The van der Waals surface area contributed by atoms with E-state index in [9.17, 15) is 9.59 Å².